The van der Waals surface area contributed by atoms with Gasteiger partial charge in [0.05, 0.1) is 38.2 Å². The molecule has 8 heterocycles. The van der Waals surface area contributed by atoms with Crippen molar-refractivity contribution in [1.29, 1.82) is 0 Å². The molecule has 33 nitrogen and oxygen atoms in total. The Morgan fingerprint density at radius 1 is 0.515 bits per heavy atom. The quantitative estimate of drug-likeness (QED) is 0.0405. The first-order valence-corrected chi connectivity index (χ1v) is 33.7. The summed E-state index contributed by atoms with van der Waals surface area (Å²) >= 11 is 0. The molecule has 9 aromatic rings. The van der Waals surface area contributed by atoms with Gasteiger partial charge in [-0.1, -0.05) is 42.5 Å². The number of hydrogen-bond acceptors (Lipinski definition) is 24. The van der Waals surface area contributed by atoms with E-state index in [0.717, 1.165) is 0 Å². The minimum absolute atomic E-state index is 0.0274. The molecular formula is C64H70N16O17S2. The summed E-state index contributed by atoms with van der Waals surface area (Å²) in [5.41, 5.74) is 7.90. The number of imidazole rings is 2. The summed E-state index contributed by atoms with van der Waals surface area (Å²) in [7, 11) is -4.72. The fourth-order valence-electron chi connectivity index (χ4n) is 11.1. The topological polar surface area (TPSA) is 417 Å². The molecule has 99 heavy (non-hydrogen) atoms. The highest BCUT2D eigenvalue weighted by molar-refractivity contribution is 7.93. The Hall–Kier alpha value is -10.7. The van der Waals surface area contributed by atoms with Gasteiger partial charge in [0.25, 0.3) is 31.9 Å². The van der Waals surface area contributed by atoms with Crippen molar-refractivity contribution in [3.8, 4) is 17.2 Å². The number of nitrogens with one attached hydrogen (secondary N) is 7. The van der Waals surface area contributed by atoms with Crippen molar-refractivity contribution in [2.24, 2.45) is 0 Å². The third-order valence-corrected chi connectivity index (χ3v) is 18.2. The van der Waals surface area contributed by atoms with E-state index in [2.05, 4.69) is 65.9 Å². The predicted octanol–water partition coefficient (Wildman–Crippen LogP) is 6.90. The summed E-state index contributed by atoms with van der Waals surface area (Å²) < 4.78 is 111. The standard InChI is InChI=1S/C29H32N8O8S.C22H24N6O6.C13H14N2O3S/c1-5-30-26(38)22-21-23(45-29(2,3)44-21)27(43-22)37-15-33-20-24(31-14-32-25(20)37)35-28(39)34-18-8-6-7-9-19(18)46(40,41)36-16-10-12-17(42-4)13-11-16;1-4-23-19(29)15-14-16(34-22(2,3)33-14)20(32-15)28-11-26-13-17(24-10-25-18(13)28)27-21(30)31-12-8-6-5-7-9-12;1-18-11-8-6-10(7-9-11)15-19(16,17)13-5-3-2-4-12(13)14/h6-15,21-23,27,36H,5H2,1-4H3,(H,30,38)(H2,31,32,34,35,39);5-11,14-16,20H,4H2,1-3H3,(H,23,29)(H,24,25,27,30);2-9,15H,14H2,1H3/t21?,22-,23?,27+;14?,15-,16?,20+;/m00./s1. The van der Waals surface area contributed by atoms with Gasteiger partial charge in [-0.15, -0.1) is 0 Å². The Bertz CT molecular complexity index is 4650. The number of fused-ring (bicyclic) bond motifs is 4. The first-order valence-electron chi connectivity index (χ1n) is 30.7. The molecule has 0 radical (unpaired) electrons. The van der Waals surface area contributed by atoms with Gasteiger partial charge in [-0.2, -0.15) is 0 Å². The Morgan fingerprint density at radius 2 is 0.949 bits per heavy atom. The number of rotatable bonds is 18. The van der Waals surface area contributed by atoms with Crippen LogP contribution in [0.25, 0.3) is 22.3 Å². The van der Waals surface area contributed by atoms with Crippen molar-refractivity contribution in [3.63, 3.8) is 0 Å². The van der Waals surface area contributed by atoms with Crippen LogP contribution in [0.5, 0.6) is 17.2 Å². The minimum atomic E-state index is -4.09. The number of sulfonamides is 2. The monoisotopic (exact) mass is 1400 g/mol. The zero-order valence-electron chi connectivity index (χ0n) is 54.4. The van der Waals surface area contributed by atoms with E-state index < -0.39 is 92.8 Å². The molecule has 9 N–H and O–H groups in total. The smallest absolute Gasteiger partial charge is 0.418 e. The number of carbonyl (C=O) groups is 4. The number of carbonyl (C=O) groups excluding carboxylic acids is 4. The number of methoxy groups -OCH3 is 2. The molecular weight excluding hydrogens is 1330 g/mol. The van der Waals surface area contributed by atoms with E-state index in [0.29, 0.717) is 58.5 Å². The Morgan fingerprint density at radius 3 is 1.42 bits per heavy atom. The lowest BCUT2D eigenvalue weighted by molar-refractivity contribution is -0.198. The molecule has 520 valence electrons. The summed E-state index contributed by atoms with van der Waals surface area (Å²) in [5, 5.41) is 13.3. The number of urea groups is 1. The maximum absolute atomic E-state index is 13.2. The molecule has 4 aliphatic heterocycles. The van der Waals surface area contributed by atoms with Gasteiger partial charge in [0.1, 0.15) is 64.1 Å². The SMILES string of the molecule is CCNC(=O)[C@H]1O[C@@H](n2cnc3c(NC(=O)Nc4ccccc4S(=O)(=O)Nc4ccc(OC)cc4)ncnc32)C2OC(C)(C)OC21.CCNC(=O)[C@H]1O[C@@H](n2cnc3c(NC(=O)Oc4ccccc4)ncnc32)C2OC(C)(C)OC21.COc1ccc(NS(=O)(=O)c2ccccc2N)cc1. The van der Waals surface area contributed by atoms with E-state index in [9.17, 15) is 36.0 Å². The van der Waals surface area contributed by atoms with Crippen LogP contribution >= 0.6 is 0 Å². The fraction of sp³-hybridized carbons (Fsp3) is 0.312. The summed E-state index contributed by atoms with van der Waals surface area (Å²) in [4.78, 5) is 76.5. The molecule has 4 fully saturated rings. The van der Waals surface area contributed by atoms with Crippen molar-refractivity contribution >= 4 is 101 Å². The number of likely N-dealkylation sites (N-methyl/N-ethyl adjacent to an activating group) is 2. The molecule has 4 unspecified atom stereocenters. The molecule has 0 bridgehead atoms. The molecule has 4 aliphatic rings. The van der Waals surface area contributed by atoms with Crippen molar-refractivity contribution < 1.29 is 78.6 Å². The zero-order chi connectivity index (χ0) is 70.4. The normalized spacial score (nSPS) is 20.9. The maximum Gasteiger partial charge on any atom is 0.418 e. The van der Waals surface area contributed by atoms with E-state index >= 15 is 0 Å². The number of amides is 5. The van der Waals surface area contributed by atoms with Gasteiger partial charge in [-0.05, 0) is 126 Å². The second-order valence-corrected chi connectivity index (χ2v) is 26.3. The Labute approximate surface area is 566 Å². The number of para-hydroxylation sites is 3. The number of nitrogen functional groups attached to an aromatic ring is 1. The number of anilines is 6. The highest BCUT2D eigenvalue weighted by Crippen LogP contribution is 2.46. The molecule has 0 spiro atoms. The number of hydrogen-bond donors (Lipinski definition) is 8. The lowest BCUT2D eigenvalue weighted by Crippen LogP contribution is -2.42. The molecule has 5 aromatic carbocycles. The summed E-state index contributed by atoms with van der Waals surface area (Å²) in [6, 6.07) is 33.1. The highest BCUT2D eigenvalue weighted by Gasteiger charge is 2.60. The molecule has 5 amide bonds. The van der Waals surface area contributed by atoms with Gasteiger partial charge in [-0.25, -0.2) is 56.3 Å². The molecule has 13 rings (SSSR count). The summed E-state index contributed by atoms with van der Waals surface area (Å²) in [6.07, 6.45) is -1.11. The Kier molecular flexibility index (Phi) is 20.5. The largest absolute Gasteiger partial charge is 0.497 e. The first kappa shape index (κ1) is 69.7. The van der Waals surface area contributed by atoms with Crippen LogP contribution in [0, 0.1) is 0 Å². The highest BCUT2D eigenvalue weighted by atomic mass is 32.2. The molecule has 8 atom stereocenters. The van der Waals surface area contributed by atoms with Crippen molar-refractivity contribution in [1.82, 2.24) is 49.7 Å². The number of nitrogens with two attached hydrogens (primary N) is 1. The van der Waals surface area contributed by atoms with Gasteiger partial charge in [0, 0.05) is 24.5 Å². The van der Waals surface area contributed by atoms with Gasteiger partial charge < -0.3 is 64.3 Å². The lowest BCUT2D eigenvalue weighted by Gasteiger charge is -2.24. The lowest BCUT2D eigenvalue weighted by atomic mass is 10.1. The second kappa shape index (κ2) is 29.2. The average Bonchev–Trinajstić information content (AvgIpc) is 1.59. The van der Waals surface area contributed by atoms with Crippen LogP contribution in [0.2, 0.25) is 0 Å². The van der Waals surface area contributed by atoms with Gasteiger partial charge in [0.2, 0.25) is 0 Å². The number of benzene rings is 5. The Balaban J connectivity index is 0.000000163. The van der Waals surface area contributed by atoms with Gasteiger partial charge in [0.15, 0.2) is 70.2 Å². The summed E-state index contributed by atoms with van der Waals surface area (Å²) in [6.45, 7) is 11.6. The zero-order valence-corrected chi connectivity index (χ0v) is 56.0. The molecule has 4 saturated heterocycles. The van der Waals surface area contributed by atoms with Crippen LogP contribution in [0.1, 0.15) is 54.0 Å². The number of nitrogens with zero attached hydrogens (tertiary/aromatic N) is 8. The molecule has 35 heteroatoms. The van der Waals surface area contributed by atoms with E-state index in [-0.39, 0.29) is 50.1 Å². The van der Waals surface area contributed by atoms with Gasteiger partial charge >= 0.3 is 12.1 Å². The third-order valence-electron chi connectivity index (χ3n) is 15.3. The molecule has 4 aromatic heterocycles. The minimum Gasteiger partial charge on any atom is -0.497 e. The van der Waals surface area contributed by atoms with E-state index in [4.69, 9.17) is 48.4 Å². The van der Waals surface area contributed by atoms with E-state index in [1.54, 1.807) is 154 Å². The van der Waals surface area contributed by atoms with Gasteiger partial charge in [-0.3, -0.25) is 38.8 Å². The van der Waals surface area contributed by atoms with Crippen LogP contribution < -0.4 is 56.0 Å². The fourth-order valence-corrected chi connectivity index (χ4v) is 13.5. The first-order chi connectivity index (χ1) is 47.4. The van der Waals surface area contributed by atoms with Crippen molar-refractivity contribution in [2.45, 2.75) is 112 Å². The third kappa shape index (κ3) is 15.7. The molecule has 0 saturated carbocycles. The van der Waals surface area contributed by atoms with Crippen LogP contribution in [-0.4, -0.2) is 155 Å². The summed E-state index contributed by atoms with van der Waals surface area (Å²) in [5.74, 6) is -0.625. The van der Waals surface area contributed by atoms with Crippen LogP contribution in [-0.2, 0) is 58.1 Å². The number of ether oxygens (including phenoxy) is 9. The van der Waals surface area contributed by atoms with Crippen LogP contribution in [0.3, 0.4) is 0 Å². The van der Waals surface area contributed by atoms with Crippen molar-refractivity contribution in [2.75, 3.05) is 58.4 Å². The van der Waals surface area contributed by atoms with Crippen molar-refractivity contribution in [3.05, 3.63) is 153 Å². The molecule has 0 aliphatic carbocycles. The van der Waals surface area contributed by atoms with E-state index in [1.807, 2.05) is 13.0 Å². The van der Waals surface area contributed by atoms with E-state index in [1.165, 1.54) is 50.6 Å². The average molecular weight is 1400 g/mol. The maximum atomic E-state index is 13.2. The second-order valence-electron chi connectivity index (χ2n) is 23.0. The predicted molar refractivity (Wildman–Crippen MR) is 357 cm³/mol. The van der Waals surface area contributed by atoms with Crippen LogP contribution in [0.4, 0.5) is 44.0 Å². The number of aromatic nitrogens is 8. The van der Waals surface area contributed by atoms with Crippen LogP contribution in [0.15, 0.2) is 162 Å².